The summed E-state index contributed by atoms with van der Waals surface area (Å²) in [6.07, 6.45) is -0.455. The molecule has 1 aliphatic heterocycles. The molecule has 1 aromatic heterocycles. The van der Waals surface area contributed by atoms with E-state index in [2.05, 4.69) is 4.99 Å². The fourth-order valence-corrected chi connectivity index (χ4v) is 6.90. The number of morpholine rings is 1. The summed E-state index contributed by atoms with van der Waals surface area (Å²) in [4.78, 5) is 41.8. The molecule has 1 fully saturated rings. The number of carbonyl (C=O) groups is 3. The minimum atomic E-state index is -3.76. The van der Waals surface area contributed by atoms with Crippen molar-refractivity contribution in [3.63, 3.8) is 0 Å². The number of aromatic nitrogens is 1. The maximum Gasteiger partial charge on any atom is 0.338 e. The van der Waals surface area contributed by atoms with Gasteiger partial charge >= 0.3 is 11.9 Å². The number of amides is 1. The molecular weight excluding hydrogens is 546 g/mol. The first-order valence-corrected chi connectivity index (χ1v) is 14.5. The minimum Gasteiger partial charge on any atom is -0.468 e. The molecule has 2 aromatic carbocycles. The first kappa shape index (κ1) is 28.6. The zero-order valence-corrected chi connectivity index (χ0v) is 23.6. The molecule has 0 saturated carbocycles. The largest absolute Gasteiger partial charge is 0.468 e. The van der Waals surface area contributed by atoms with Gasteiger partial charge in [-0.1, -0.05) is 11.3 Å². The molecule has 0 spiro atoms. The Bertz CT molecular complexity index is 1560. The molecule has 0 radical (unpaired) electrons. The van der Waals surface area contributed by atoms with Crippen molar-refractivity contribution < 1.29 is 37.0 Å². The number of carbonyl (C=O) groups excluding carboxylic acids is 3. The van der Waals surface area contributed by atoms with Gasteiger partial charge in [-0.2, -0.15) is 9.30 Å². The SMILES string of the molecule is CCOC(=O)c1ccc2c(c1)sc(=NC(=O)c1ccc(S(=O)(=O)N3CC(C)OC(C)C3)cc1)n2CC(=O)OC. The van der Waals surface area contributed by atoms with Gasteiger partial charge in [-0.05, 0) is 63.2 Å². The third-order valence-electron chi connectivity index (χ3n) is 6.03. The summed E-state index contributed by atoms with van der Waals surface area (Å²) in [5, 5.41) is 0. The van der Waals surface area contributed by atoms with Crippen molar-refractivity contribution in [1.82, 2.24) is 8.87 Å². The number of hydrogen-bond donors (Lipinski definition) is 0. The molecule has 4 rings (SSSR count). The van der Waals surface area contributed by atoms with Gasteiger partial charge in [-0.15, -0.1) is 0 Å². The molecule has 1 saturated heterocycles. The highest BCUT2D eigenvalue weighted by atomic mass is 32.2. The molecule has 0 N–H and O–H groups in total. The van der Waals surface area contributed by atoms with E-state index in [9.17, 15) is 22.8 Å². The van der Waals surface area contributed by atoms with Crippen molar-refractivity contribution >= 4 is 49.4 Å². The maximum atomic E-state index is 13.1. The van der Waals surface area contributed by atoms with E-state index in [4.69, 9.17) is 14.2 Å². The lowest BCUT2D eigenvalue weighted by molar-refractivity contribution is -0.141. The van der Waals surface area contributed by atoms with Crippen LogP contribution >= 0.6 is 11.3 Å². The van der Waals surface area contributed by atoms with Gasteiger partial charge in [0, 0.05) is 18.7 Å². The van der Waals surface area contributed by atoms with Crippen LogP contribution in [-0.4, -0.2) is 74.2 Å². The van der Waals surface area contributed by atoms with Crippen molar-refractivity contribution in [3.05, 3.63) is 58.4 Å². The minimum absolute atomic E-state index is 0.0643. The van der Waals surface area contributed by atoms with Crippen LogP contribution in [0.25, 0.3) is 10.2 Å². The summed E-state index contributed by atoms with van der Waals surface area (Å²) in [5.74, 6) is -1.65. The molecule has 39 heavy (non-hydrogen) atoms. The van der Waals surface area contributed by atoms with Gasteiger partial charge in [0.1, 0.15) is 6.54 Å². The van der Waals surface area contributed by atoms with Crippen LogP contribution in [-0.2, 0) is 35.6 Å². The van der Waals surface area contributed by atoms with Crippen LogP contribution in [0.4, 0.5) is 0 Å². The summed E-state index contributed by atoms with van der Waals surface area (Å²) in [7, 11) is -2.51. The Morgan fingerprint density at radius 1 is 1.05 bits per heavy atom. The number of sulfonamides is 1. The highest BCUT2D eigenvalue weighted by Gasteiger charge is 2.32. The Kier molecular flexibility index (Phi) is 8.64. The number of rotatable bonds is 7. The number of methoxy groups -OCH3 is 1. The number of thiazole rings is 1. The molecule has 2 unspecified atom stereocenters. The number of hydrogen-bond acceptors (Lipinski definition) is 9. The number of nitrogens with zero attached hydrogens (tertiary/aromatic N) is 3. The van der Waals surface area contributed by atoms with Crippen LogP contribution < -0.4 is 4.80 Å². The number of ether oxygens (including phenoxy) is 3. The monoisotopic (exact) mass is 575 g/mol. The fraction of sp³-hybridized carbons (Fsp3) is 0.385. The number of benzene rings is 2. The van der Waals surface area contributed by atoms with Crippen molar-refractivity contribution in [1.29, 1.82) is 0 Å². The second kappa shape index (κ2) is 11.8. The normalized spacial score (nSPS) is 18.7. The summed E-state index contributed by atoms with van der Waals surface area (Å²) in [6.45, 7) is 5.86. The van der Waals surface area contributed by atoms with Crippen molar-refractivity contribution in [2.45, 2.75) is 44.4 Å². The Labute approximate surface area is 229 Å². The second-order valence-corrected chi connectivity index (χ2v) is 11.9. The molecule has 2 atom stereocenters. The third kappa shape index (κ3) is 6.27. The van der Waals surface area contributed by atoms with Gasteiger partial charge in [-0.25, -0.2) is 13.2 Å². The average molecular weight is 576 g/mol. The van der Waals surface area contributed by atoms with Crippen LogP contribution in [0.15, 0.2) is 52.4 Å². The molecule has 13 heteroatoms. The number of fused-ring (bicyclic) bond motifs is 1. The van der Waals surface area contributed by atoms with E-state index in [0.717, 1.165) is 11.3 Å². The van der Waals surface area contributed by atoms with Gasteiger partial charge in [-0.3, -0.25) is 9.59 Å². The smallest absolute Gasteiger partial charge is 0.338 e. The summed E-state index contributed by atoms with van der Waals surface area (Å²) < 4.78 is 45.3. The number of esters is 2. The van der Waals surface area contributed by atoms with E-state index in [0.29, 0.717) is 15.8 Å². The molecule has 11 nitrogen and oxygen atoms in total. The molecule has 3 aromatic rings. The maximum absolute atomic E-state index is 13.1. The highest BCUT2D eigenvalue weighted by Crippen LogP contribution is 2.23. The summed E-state index contributed by atoms with van der Waals surface area (Å²) >= 11 is 1.12. The van der Waals surface area contributed by atoms with Gasteiger partial charge < -0.3 is 18.8 Å². The first-order valence-electron chi connectivity index (χ1n) is 12.3. The van der Waals surface area contributed by atoms with Gasteiger partial charge in [0.05, 0.1) is 46.6 Å². The lowest BCUT2D eigenvalue weighted by Gasteiger charge is -2.34. The van der Waals surface area contributed by atoms with Crippen LogP contribution in [0.3, 0.4) is 0 Å². The van der Waals surface area contributed by atoms with E-state index in [1.165, 1.54) is 40.2 Å². The lowest BCUT2D eigenvalue weighted by Crippen LogP contribution is -2.48. The van der Waals surface area contributed by atoms with Gasteiger partial charge in [0.2, 0.25) is 10.0 Å². The zero-order valence-electron chi connectivity index (χ0n) is 21.9. The highest BCUT2D eigenvalue weighted by molar-refractivity contribution is 7.89. The third-order valence-corrected chi connectivity index (χ3v) is 8.92. The van der Waals surface area contributed by atoms with E-state index < -0.39 is 27.9 Å². The first-order chi connectivity index (χ1) is 18.5. The van der Waals surface area contributed by atoms with Gasteiger partial charge in [0.15, 0.2) is 4.80 Å². The van der Waals surface area contributed by atoms with Crippen LogP contribution in [0.2, 0.25) is 0 Å². The predicted octanol–water partition coefficient (Wildman–Crippen LogP) is 2.59. The van der Waals surface area contributed by atoms with Crippen molar-refractivity contribution in [3.8, 4) is 0 Å². The van der Waals surface area contributed by atoms with E-state index >= 15 is 0 Å². The lowest BCUT2D eigenvalue weighted by atomic mass is 10.2. The Morgan fingerprint density at radius 3 is 2.31 bits per heavy atom. The Hall–Kier alpha value is -3.39. The molecule has 208 valence electrons. The summed E-state index contributed by atoms with van der Waals surface area (Å²) in [6, 6.07) is 10.4. The Balaban J connectivity index is 1.67. The molecule has 1 aliphatic rings. The van der Waals surface area contributed by atoms with Crippen LogP contribution in [0.5, 0.6) is 0 Å². The second-order valence-electron chi connectivity index (χ2n) is 8.97. The zero-order chi connectivity index (χ0) is 28.3. The molecule has 2 heterocycles. The molecule has 1 amide bonds. The Morgan fingerprint density at radius 2 is 1.69 bits per heavy atom. The fourth-order valence-electron chi connectivity index (χ4n) is 4.24. The van der Waals surface area contributed by atoms with Crippen molar-refractivity contribution in [2.75, 3.05) is 26.8 Å². The van der Waals surface area contributed by atoms with Crippen molar-refractivity contribution in [2.24, 2.45) is 4.99 Å². The predicted molar refractivity (Wildman–Crippen MR) is 143 cm³/mol. The standard InChI is InChI=1S/C26H29N3O8S2/c1-5-36-25(32)19-8-11-21-22(12-19)38-26(29(21)15-23(30)35-4)27-24(31)18-6-9-20(10-7-18)39(33,34)28-13-16(2)37-17(3)14-28/h6-12,16-17H,5,13-15H2,1-4H3. The van der Waals surface area contributed by atoms with E-state index in [1.807, 2.05) is 13.8 Å². The molecule has 0 aliphatic carbocycles. The quantitative estimate of drug-likeness (QED) is 0.393. The summed E-state index contributed by atoms with van der Waals surface area (Å²) in [5.41, 5.74) is 1.09. The van der Waals surface area contributed by atoms with Crippen LogP contribution in [0.1, 0.15) is 41.5 Å². The van der Waals surface area contributed by atoms with Crippen LogP contribution in [0, 0.1) is 0 Å². The van der Waals surface area contributed by atoms with E-state index in [1.54, 1.807) is 25.1 Å². The molecule has 0 bridgehead atoms. The average Bonchev–Trinajstić information content (AvgIpc) is 3.23. The van der Waals surface area contributed by atoms with Gasteiger partial charge in [0.25, 0.3) is 5.91 Å². The topological polar surface area (TPSA) is 134 Å². The van der Waals surface area contributed by atoms with E-state index in [-0.39, 0.29) is 53.7 Å². The molecular formula is C26H29N3O8S2.